The van der Waals surface area contributed by atoms with E-state index in [9.17, 15) is 0 Å². The number of benzene rings is 1. The Kier molecular flexibility index (Phi) is 8.77. The quantitative estimate of drug-likeness (QED) is 0.789. The standard InChI is InChI=1S/C13H21O3P.C4H9N/c1-13(2,17)9-16-11-5-4-10(6-7-14)8-12(11)15-3;1-2-4-5-3-1/h4-5,8,14H,6-7,9,17H2,1-3H3;5H,1-4H2. The second-order valence-corrected chi connectivity index (χ2v) is 7.76. The summed E-state index contributed by atoms with van der Waals surface area (Å²) in [7, 11) is 4.37. The van der Waals surface area contributed by atoms with Crippen molar-refractivity contribution in [3.63, 3.8) is 0 Å². The van der Waals surface area contributed by atoms with Gasteiger partial charge in [-0.2, -0.15) is 0 Å². The molecule has 5 heteroatoms. The lowest BCUT2D eigenvalue weighted by Crippen LogP contribution is -2.20. The van der Waals surface area contributed by atoms with E-state index in [0.29, 0.717) is 18.8 Å². The fourth-order valence-corrected chi connectivity index (χ4v) is 2.09. The number of aliphatic hydroxyl groups is 1. The number of hydrogen-bond acceptors (Lipinski definition) is 4. The summed E-state index contributed by atoms with van der Waals surface area (Å²) >= 11 is 0. The van der Waals surface area contributed by atoms with E-state index >= 15 is 0 Å². The van der Waals surface area contributed by atoms with E-state index in [2.05, 4.69) is 28.4 Å². The molecule has 1 aromatic rings. The lowest BCUT2D eigenvalue weighted by molar-refractivity contribution is 0.270. The van der Waals surface area contributed by atoms with Crippen molar-refractivity contribution in [2.75, 3.05) is 33.4 Å². The van der Waals surface area contributed by atoms with E-state index in [4.69, 9.17) is 14.6 Å². The van der Waals surface area contributed by atoms with Gasteiger partial charge in [-0.15, -0.1) is 9.24 Å². The summed E-state index contributed by atoms with van der Waals surface area (Å²) in [5.41, 5.74) is 1.04. The molecule has 0 saturated carbocycles. The van der Waals surface area contributed by atoms with E-state index in [1.165, 1.54) is 25.9 Å². The van der Waals surface area contributed by atoms with Crippen molar-refractivity contribution >= 4 is 9.24 Å². The zero-order chi connectivity index (χ0) is 16.4. The minimum absolute atomic E-state index is 0.0365. The zero-order valence-electron chi connectivity index (χ0n) is 14.0. The third-order valence-corrected chi connectivity index (χ3v) is 3.35. The van der Waals surface area contributed by atoms with Gasteiger partial charge in [-0.05, 0) is 50.0 Å². The van der Waals surface area contributed by atoms with Gasteiger partial charge >= 0.3 is 0 Å². The Morgan fingerprint density at radius 3 is 2.36 bits per heavy atom. The fraction of sp³-hybridized carbons (Fsp3) is 0.647. The van der Waals surface area contributed by atoms with E-state index in [1.807, 2.05) is 18.2 Å². The van der Waals surface area contributed by atoms with Crippen molar-refractivity contribution in [2.45, 2.75) is 38.3 Å². The third kappa shape index (κ3) is 7.98. The van der Waals surface area contributed by atoms with E-state index in [-0.39, 0.29) is 11.8 Å². The van der Waals surface area contributed by atoms with Gasteiger partial charge in [0.25, 0.3) is 0 Å². The van der Waals surface area contributed by atoms with Crippen molar-refractivity contribution in [1.82, 2.24) is 5.32 Å². The van der Waals surface area contributed by atoms with Crippen LogP contribution < -0.4 is 14.8 Å². The highest BCUT2D eigenvalue weighted by atomic mass is 31.0. The maximum Gasteiger partial charge on any atom is 0.161 e. The van der Waals surface area contributed by atoms with Crippen molar-refractivity contribution in [3.8, 4) is 11.5 Å². The van der Waals surface area contributed by atoms with Gasteiger partial charge in [0.1, 0.15) is 0 Å². The van der Waals surface area contributed by atoms with Crippen LogP contribution in [0.5, 0.6) is 11.5 Å². The molecule has 0 spiro atoms. The van der Waals surface area contributed by atoms with Crippen molar-refractivity contribution in [1.29, 1.82) is 0 Å². The average molecular weight is 327 g/mol. The summed E-state index contributed by atoms with van der Waals surface area (Å²) in [6.07, 6.45) is 3.41. The van der Waals surface area contributed by atoms with Crippen LogP contribution in [0.4, 0.5) is 0 Å². The fourth-order valence-electron chi connectivity index (χ4n) is 2.00. The molecule has 2 N–H and O–H groups in total. The molecule has 1 saturated heterocycles. The third-order valence-electron chi connectivity index (χ3n) is 3.19. The molecule has 126 valence electrons. The molecule has 1 unspecified atom stereocenters. The summed E-state index contributed by atoms with van der Waals surface area (Å²) in [6, 6.07) is 5.74. The first-order chi connectivity index (χ1) is 10.5. The summed E-state index contributed by atoms with van der Waals surface area (Å²) in [6.45, 7) is 7.42. The van der Waals surface area contributed by atoms with Crippen LogP contribution in [-0.2, 0) is 6.42 Å². The van der Waals surface area contributed by atoms with Gasteiger partial charge < -0.3 is 19.9 Å². The first-order valence-corrected chi connectivity index (χ1v) is 8.44. The predicted molar refractivity (Wildman–Crippen MR) is 95.2 cm³/mol. The topological polar surface area (TPSA) is 50.7 Å². The number of ether oxygens (including phenoxy) is 2. The minimum Gasteiger partial charge on any atom is -0.493 e. The molecule has 1 fully saturated rings. The van der Waals surface area contributed by atoms with Crippen LogP contribution in [0.25, 0.3) is 0 Å². The van der Waals surface area contributed by atoms with E-state index < -0.39 is 0 Å². The Hall–Kier alpha value is -0.830. The van der Waals surface area contributed by atoms with Crippen molar-refractivity contribution in [3.05, 3.63) is 23.8 Å². The second-order valence-electron chi connectivity index (χ2n) is 6.19. The molecule has 2 rings (SSSR count). The number of hydrogen-bond donors (Lipinski definition) is 2. The van der Waals surface area contributed by atoms with Gasteiger partial charge in [0.2, 0.25) is 0 Å². The largest absolute Gasteiger partial charge is 0.493 e. The van der Waals surface area contributed by atoms with Crippen LogP contribution in [-0.4, -0.2) is 43.7 Å². The van der Waals surface area contributed by atoms with Crippen LogP contribution in [0.1, 0.15) is 32.3 Å². The Bertz CT molecular complexity index is 421. The molecular weight excluding hydrogens is 297 g/mol. The molecule has 0 bridgehead atoms. The molecule has 0 amide bonds. The monoisotopic (exact) mass is 327 g/mol. The Labute approximate surface area is 136 Å². The molecule has 0 radical (unpaired) electrons. The van der Waals surface area contributed by atoms with Gasteiger partial charge in [-0.1, -0.05) is 19.9 Å². The van der Waals surface area contributed by atoms with Gasteiger partial charge in [0, 0.05) is 11.8 Å². The highest BCUT2D eigenvalue weighted by molar-refractivity contribution is 7.18. The lowest BCUT2D eigenvalue weighted by Gasteiger charge is -2.20. The van der Waals surface area contributed by atoms with Crippen LogP contribution in [0, 0.1) is 0 Å². The van der Waals surface area contributed by atoms with Gasteiger partial charge in [0.05, 0.1) is 13.7 Å². The molecule has 4 nitrogen and oxygen atoms in total. The molecule has 1 aromatic carbocycles. The van der Waals surface area contributed by atoms with Crippen molar-refractivity contribution < 1.29 is 14.6 Å². The second kappa shape index (κ2) is 10.0. The van der Waals surface area contributed by atoms with Gasteiger partial charge in [-0.3, -0.25) is 0 Å². The minimum atomic E-state index is 0.0365. The number of aliphatic hydroxyl groups excluding tert-OH is 1. The normalized spacial score (nSPS) is 14.2. The molecule has 0 aromatic heterocycles. The van der Waals surface area contributed by atoms with Crippen LogP contribution in [0.2, 0.25) is 0 Å². The molecule has 1 heterocycles. The van der Waals surface area contributed by atoms with Crippen LogP contribution in [0.15, 0.2) is 18.2 Å². The highest BCUT2D eigenvalue weighted by Crippen LogP contribution is 2.29. The summed E-state index contributed by atoms with van der Waals surface area (Å²) < 4.78 is 11.0. The van der Waals surface area contributed by atoms with Crippen molar-refractivity contribution in [2.24, 2.45) is 0 Å². The molecule has 1 aliphatic rings. The molecule has 0 aliphatic carbocycles. The highest BCUT2D eigenvalue weighted by Gasteiger charge is 2.13. The average Bonchev–Trinajstić information content (AvgIpc) is 3.04. The smallest absolute Gasteiger partial charge is 0.161 e. The van der Waals surface area contributed by atoms with E-state index in [0.717, 1.165) is 11.3 Å². The predicted octanol–water partition coefficient (Wildman–Crippen LogP) is 2.63. The number of rotatable bonds is 6. The summed E-state index contributed by atoms with van der Waals surface area (Å²) in [5.74, 6) is 1.45. The van der Waals surface area contributed by atoms with Crippen LogP contribution >= 0.6 is 9.24 Å². The molecular formula is C17H30NO3P. The lowest BCUT2D eigenvalue weighted by atomic mass is 10.1. The maximum atomic E-state index is 8.89. The SMILES string of the molecule is C1CCNC1.COc1cc(CCO)ccc1OCC(C)(C)P. The van der Waals surface area contributed by atoms with Gasteiger partial charge in [-0.25, -0.2) is 0 Å². The Morgan fingerprint density at radius 1 is 1.23 bits per heavy atom. The molecule has 1 aliphatic heterocycles. The Morgan fingerprint density at radius 2 is 1.91 bits per heavy atom. The summed E-state index contributed by atoms with van der Waals surface area (Å²) in [5, 5.41) is 12.1. The maximum absolute atomic E-state index is 8.89. The summed E-state index contributed by atoms with van der Waals surface area (Å²) in [4.78, 5) is 0. The van der Waals surface area contributed by atoms with Crippen LogP contribution in [0.3, 0.4) is 0 Å². The zero-order valence-corrected chi connectivity index (χ0v) is 15.2. The molecule has 1 atom stereocenters. The first-order valence-electron chi connectivity index (χ1n) is 7.86. The van der Waals surface area contributed by atoms with Gasteiger partial charge in [0.15, 0.2) is 11.5 Å². The Balaban J connectivity index is 0.000000406. The number of nitrogens with one attached hydrogen (secondary N) is 1. The molecule has 22 heavy (non-hydrogen) atoms. The number of methoxy groups -OCH3 is 1. The first kappa shape index (κ1) is 19.2. The van der Waals surface area contributed by atoms with E-state index in [1.54, 1.807) is 7.11 Å².